The van der Waals surface area contributed by atoms with E-state index in [2.05, 4.69) is 6.07 Å². The average molecular weight is 295 g/mol. The van der Waals surface area contributed by atoms with E-state index in [1.807, 2.05) is 44.2 Å². The molecule has 0 N–H and O–H groups in total. The van der Waals surface area contributed by atoms with Crippen LogP contribution in [0.5, 0.6) is 5.75 Å². The maximum Gasteiger partial charge on any atom is 0.170 e. The smallest absolute Gasteiger partial charge is 0.170 e. The topological polar surface area (TPSA) is 39.2 Å². The van der Waals surface area contributed by atoms with Crippen molar-refractivity contribution < 1.29 is 9.53 Å². The molecule has 0 atom stereocenters. The summed E-state index contributed by atoms with van der Waals surface area (Å²) in [5, 5.41) is 0. The number of fused-ring (bicyclic) bond motifs is 1. The first-order chi connectivity index (χ1) is 10.5. The van der Waals surface area contributed by atoms with Gasteiger partial charge >= 0.3 is 0 Å². The summed E-state index contributed by atoms with van der Waals surface area (Å²) in [5.74, 6) is 1.07. The number of ketones is 1. The predicted octanol–water partition coefficient (Wildman–Crippen LogP) is 3.84. The van der Waals surface area contributed by atoms with Gasteiger partial charge in [0.1, 0.15) is 5.75 Å². The fourth-order valence-electron chi connectivity index (χ4n) is 2.94. The van der Waals surface area contributed by atoms with Crippen molar-refractivity contribution in [3.63, 3.8) is 0 Å². The number of methoxy groups -OCH3 is 1. The Labute approximate surface area is 131 Å². The molecule has 0 saturated carbocycles. The van der Waals surface area contributed by atoms with Crippen LogP contribution in [-0.2, 0) is 12.8 Å². The summed E-state index contributed by atoms with van der Waals surface area (Å²) in [6.45, 7) is 4.03. The molecule has 1 aliphatic carbocycles. The minimum atomic E-state index is -0.261. The molecule has 0 radical (unpaired) electrons. The van der Waals surface area contributed by atoms with E-state index >= 15 is 0 Å². The molecule has 1 aliphatic rings. The van der Waals surface area contributed by atoms with Crippen molar-refractivity contribution in [2.45, 2.75) is 33.1 Å². The number of nitrogens with zero attached hydrogens (tertiary/aromatic N) is 1. The molecule has 0 spiro atoms. The van der Waals surface area contributed by atoms with Crippen LogP contribution in [0.25, 0.3) is 0 Å². The summed E-state index contributed by atoms with van der Waals surface area (Å²) < 4.78 is 5.25. The molecule has 114 valence electrons. The van der Waals surface area contributed by atoms with Crippen LogP contribution in [0, 0.1) is 5.41 Å². The third kappa shape index (κ3) is 2.76. The molecule has 0 amide bonds. The molecule has 0 fully saturated rings. The highest BCUT2D eigenvalue weighted by atomic mass is 16.5. The van der Waals surface area contributed by atoms with Gasteiger partial charge in [-0.1, -0.05) is 26.0 Å². The highest BCUT2D eigenvalue weighted by molar-refractivity contribution is 6.01. The van der Waals surface area contributed by atoms with Gasteiger partial charge in [-0.05, 0) is 42.7 Å². The first kappa shape index (κ1) is 14.8. The van der Waals surface area contributed by atoms with Crippen molar-refractivity contribution in [1.82, 2.24) is 4.98 Å². The quantitative estimate of drug-likeness (QED) is 0.863. The standard InChI is InChI=1S/C19H21NO2/c1-19(2)10-9-17-16(18(19)21)8-7-14(20-17)11-13-5-4-6-15(12-13)22-3/h4-8,12H,9-11H2,1-3H3. The number of carbonyl (C=O) groups excluding carboxylic acids is 1. The molecular weight excluding hydrogens is 274 g/mol. The van der Waals surface area contributed by atoms with Crippen LogP contribution in [0.4, 0.5) is 0 Å². The van der Waals surface area contributed by atoms with Crippen LogP contribution in [0.15, 0.2) is 36.4 Å². The fraction of sp³-hybridized carbons (Fsp3) is 0.368. The first-order valence-corrected chi connectivity index (χ1v) is 7.66. The van der Waals surface area contributed by atoms with Crippen molar-refractivity contribution in [2.24, 2.45) is 5.41 Å². The van der Waals surface area contributed by atoms with Gasteiger partial charge in [-0.2, -0.15) is 0 Å². The van der Waals surface area contributed by atoms with E-state index in [-0.39, 0.29) is 11.2 Å². The molecule has 0 unspecified atom stereocenters. The molecule has 3 nitrogen and oxygen atoms in total. The van der Waals surface area contributed by atoms with Gasteiger partial charge in [0.05, 0.1) is 12.8 Å². The Balaban J connectivity index is 1.87. The molecule has 0 aliphatic heterocycles. The largest absolute Gasteiger partial charge is 0.497 e. The normalized spacial score (nSPS) is 16.2. The monoisotopic (exact) mass is 295 g/mol. The Morgan fingerprint density at radius 3 is 2.82 bits per heavy atom. The van der Waals surface area contributed by atoms with Crippen molar-refractivity contribution in [3.05, 3.63) is 58.9 Å². The molecular formula is C19H21NO2. The maximum atomic E-state index is 12.4. The van der Waals surface area contributed by atoms with Crippen LogP contribution in [0.1, 0.15) is 47.6 Å². The number of Topliss-reactive ketones (excluding diaryl/α,β-unsaturated/α-hetero) is 1. The lowest BCUT2D eigenvalue weighted by atomic mass is 9.75. The molecule has 1 heterocycles. The van der Waals surface area contributed by atoms with Crippen LogP contribution in [0.2, 0.25) is 0 Å². The maximum absolute atomic E-state index is 12.4. The number of hydrogen-bond donors (Lipinski definition) is 0. The predicted molar refractivity (Wildman–Crippen MR) is 86.5 cm³/mol. The third-order valence-corrected chi connectivity index (χ3v) is 4.40. The Bertz CT molecular complexity index is 719. The number of hydrogen-bond acceptors (Lipinski definition) is 3. The summed E-state index contributed by atoms with van der Waals surface area (Å²) in [4.78, 5) is 17.2. The van der Waals surface area contributed by atoms with Crippen molar-refractivity contribution >= 4 is 5.78 Å². The lowest BCUT2D eigenvalue weighted by Crippen LogP contribution is -2.31. The first-order valence-electron chi connectivity index (χ1n) is 7.66. The van der Waals surface area contributed by atoms with Gasteiger partial charge < -0.3 is 4.74 Å². The van der Waals surface area contributed by atoms with E-state index in [1.165, 1.54) is 0 Å². The van der Waals surface area contributed by atoms with E-state index in [1.54, 1.807) is 7.11 Å². The molecule has 3 heteroatoms. The van der Waals surface area contributed by atoms with E-state index in [0.717, 1.165) is 47.5 Å². The Morgan fingerprint density at radius 1 is 1.23 bits per heavy atom. The number of aromatic nitrogens is 1. The Kier molecular flexibility index (Phi) is 3.73. The molecule has 22 heavy (non-hydrogen) atoms. The van der Waals surface area contributed by atoms with Gasteiger partial charge in [-0.3, -0.25) is 9.78 Å². The second kappa shape index (κ2) is 5.56. The fourth-order valence-corrected chi connectivity index (χ4v) is 2.94. The lowest BCUT2D eigenvalue weighted by Gasteiger charge is -2.29. The summed E-state index contributed by atoms with van der Waals surface area (Å²) in [5.41, 5.74) is 3.65. The highest BCUT2D eigenvalue weighted by Gasteiger charge is 2.34. The van der Waals surface area contributed by atoms with Gasteiger partial charge in [-0.15, -0.1) is 0 Å². The Hall–Kier alpha value is -2.16. The minimum absolute atomic E-state index is 0.217. The Morgan fingerprint density at radius 2 is 2.05 bits per heavy atom. The number of ether oxygens (including phenoxy) is 1. The van der Waals surface area contributed by atoms with E-state index < -0.39 is 0 Å². The number of pyridine rings is 1. The van der Waals surface area contributed by atoms with Crippen molar-refractivity contribution in [3.8, 4) is 5.75 Å². The minimum Gasteiger partial charge on any atom is -0.497 e. The molecule has 0 saturated heterocycles. The zero-order valence-electron chi connectivity index (χ0n) is 13.3. The molecule has 3 rings (SSSR count). The number of benzene rings is 1. The molecule has 0 bridgehead atoms. The van der Waals surface area contributed by atoms with Gasteiger partial charge in [0.15, 0.2) is 5.78 Å². The highest BCUT2D eigenvalue weighted by Crippen LogP contribution is 2.34. The SMILES string of the molecule is COc1cccc(Cc2ccc3c(n2)CCC(C)(C)C3=O)c1. The number of carbonyl (C=O) groups is 1. The molecule has 1 aromatic heterocycles. The second-order valence-corrected chi connectivity index (χ2v) is 6.54. The van der Waals surface area contributed by atoms with Crippen molar-refractivity contribution in [2.75, 3.05) is 7.11 Å². The van der Waals surface area contributed by atoms with E-state index in [9.17, 15) is 4.79 Å². The zero-order chi connectivity index (χ0) is 15.7. The summed E-state index contributed by atoms with van der Waals surface area (Å²) in [6, 6.07) is 11.9. The summed E-state index contributed by atoms with van der Waals surface area (Å²) in [6.07, 6.45) is 2.50. The zero-order valence-corrected chi connectivity index (χ0v) is 13.3. The van der Waals surface area contributed by atoms with Crippen molar-refractivity contribution in [1.29, 1.82) is 0 Å². The third-order valence-electron chi connectivity index (χ3n) is 4.40. The van der Waals surface area contributed by atoms with Gasteiger partial charge in [0.2, 0.25) is 0 Å². The van der Waals surface area contributed by atoms with Gasteiger partial charge in [-0.25, -0.2) is 0 Å². The molecule has 1 aromatic carbocycles. The molecule has 2 aromatic rings. The second-order valence-electron chi connectivity index (χ2n) is 6.54. The summed E-state index contributed by atoms with van der Waals surface area (Å²) >= 11 is 0. The van der Waals surface area contributed by atoms with E-state index in [0.29, 0.717) is 0 Å². The average Bonchev–Trinajstić information content (AvgIpc) is 2.52. The van der Waals surface area contributed by atoms with Crippen LogP contribution in [0.3, 0.4) is 0 Å². The van der Waals surface area contributed by atoms with Crippen LogP contribution >= 0.6 is 0 Å². The summed E-state index contributed by atoms with van der Waals surface area (Å²) in [7, 11) is 1.67. The van der Waals surface area contributed by atoms with Gasteiger partial charge in [0.25, 0.3) is 0 Å². The van der Waals surface area contributed by atoms with Crippen LogP contribution in [-0.4, -0.2) is 17.9 Å². The lowest BCUT2D eigenvalue weighted by molar-refractivity contribution is 0.0809. The van der Waals surface area contributed by atoms with Crippen LogP contribution < -0.4 is 4.74 Å². The van der Waals surface area contributed by atoms with E-state index in [4.69, 9.17) is 9.72 Å². The number of rotatable bonds is 3. The van der Waals surface area contributed by atoms with Gasteiger partial charge in [0, 0.05) is 23.1 Å². The number of aryl methyl sites for hydroxylation is 1.